The fraction of sp³-hybridized carbons (Fsp3) is 1.00. The third-order valence-corrected chi connectivity index (χ3v) is 2.68. The molecule has 0 aliphatic heterocycles. The van der Waals surface area contributed by atoms with E-state index in [1.165, 1.54) is 57.8 Å². The summed E-state index contributed by atoms with van der Waals surface area (Å²) in [6.07, 6.45) is 12.2. The summed E-state index contributed by atoms with van der Waals surface area (Å²) in [6, 6.07) is 0. The molecule has 3 N–H and O–H groups in total. The van der Waals surface area contributed by atoms with Crippen LogP contribution in [0.1, 0.15) is 64.7 Å². The molecule has 0 bridgehead atoms. The highest BCUT2D eigenvalue weighted by Gasteiger charge is 1.91. The van der Waals surface area contributed by atoms with Crippen LogP contribution in [0.5, 0.6) is 0 Å². The molecule has 0 rings (SSSR count). The third kappa shape index (κ3) is 23.8. The van der Waals surface area contributed by atoms with E-state index in [-0.39, 0.29) is 6.61 Å². The van der Waals surface area contributed by atoms with Crippen molar-refractivity contribution < 1.29 is 5.11 Å². The normalized spacial score (nSPS) is 9.75. The van der Waals surface area contributed by atoms with E-state index in [2.05, 4.69) is 12.6 Å². The summed E-state index contributed by atoms with van der Waals surface area (Å²) in [7, 11) is 0. The van der Waals surface area contributed by atoms with Crippen molar-refractivity contribution in [2.45, 2.75) is 64.7 Å². The van der Waals surface area contributed by atoms with Crippen molar-refractivity contribution in [1.82, 2.24) is 0 Å². The monoisotopic (exact) mass is 249 g/mol. The van der Waals surface area contributed by atoms with Gasteiger partial charge in [0.25, 0.3) is 0 Å². The molecule has 0 aromatic rings. The van der Waals surface area contributed by atoms with Crippen LogP contribution in [-0.4, -0.2) is 24.0 Å². The first-order chi connectivity index (χ1) is 7.83. The van der Waals surface area contributed by atoms with Gasteiger partial charge in [-0.1, -0.05) is 44.9 Å². The summed E-state index contributed by atoms with van der Waals surface area (Å²) in [6.45, 7) is 2.79. The Morgan fingerprint density at radius 3 is 1.44 bits per heavy atom. The van der Waals surface area contributed by atoms with E-state index >= 15 is 0 Å². The number of aliphatic hydroxyl groups excluding tert-OH is 1. The van der Waals surface area contributed by atoms with Crippen LogP contribution in [0.25, 0.3) is 0 Å². The lowest BCUT2D eigenvalue weighted by molar-refractivity contribution is 0.318. The molecule has 0 aromatic carbocycles. The lowest BCUT2D eigenvalue weighted by atomic mass is 10.1. The molecule has 0 saturated carbocycles. The first-order valence-electron chi connectivity index (χ1n) is 6.75. The molecule has 0 unspecified atom stereocenters. The number of hydrogen-bond acceptors (Lipinski definition) is 3. The Hall–Kier alpha value is 0.270. The Bertz CT molecular complexity index is 91.9. The SMILES string of the molecule is CCO.NCCCCCCCCCCCS. The van der Waals surface area contributed by atoms with Crippen LogP contribution in [0.4, 0.5) is 0 Å². The molecule has 0 aliphatic rings. The van der Waals surface area contributed by atoms with Gasteiger partial charge >= 0.3 is 0 Å². The summed E-state index contributed by atoms with van der Waals surface area (Å²) in [5.41, 5.74) is 5.42. The molecule has 0 amide bonds. The number of unbranched alkanes of at least 4 members (excludes halogenated alkanes) is 8. The van der Waals surface area contributed by atoms with Gasteiger partial charge < -0.3 is 10.8 Å². The summed E-state index contributed by atoms with van der Waals surface area (Å²) >= 11 is 4.19. The Morgan fingerprint density at radius 2 is 1.12 bits per heavy atom. The van der Waals surface area contributed by atoms with Crippen molar-refractivity contribution in [3.05, 3.63) is 0 Å². The molecule has 0 saturated heterocycles. The van der Waals surface area contributed by atoms with Crippen LogP contribution >= 0.6 is 12.6 Å². The van der Waals surface area contributed by atoms with Crippen LogP contribution in [0.3, 0.4) is 0 Å². The third-order valence-electron chi connectivity index (χ3n) is 2.36. The molecule has 0 radical (unpaired) electrons. The highest BCUT2D eigenvalue weighted by molar-refractivity contribution is 7.80. The molecule has 0 aromatic heterocycles. The zero-order valence-electron chi connectivity index (χ0n) is 11.0. The average Bonchev–Trinajstić information content (AvgIpc) is 2.28. The average molecular weight is 249 g/mol. The molecular formula is C13H31NOS. The van der Waals surface area contributed by atoms with Crippen molar-refractivity contribution in [2.24, 2.45) is 5.73 Å². The molecule has 0 spiro atoms. The second-order valence-corrected chi connectivity index (χ2v) is 4.46. The van der Waals surface area contributed by atoms with Crippen molar-refractivity contribution in [3.8, 4) is 0 Å². The minimum atomic E-state index is 0.250. The summed E-state index contributed by atoms with van der Waals surface area (Å²) in [4.78, 5) is 0. The highest BCUT2D eigenvalue weighted by Crippen LogP contribution is 2.09. The molecule has 3 heteroatoms. The Kier molecular flexibility index (Phi) is 24.0. The highest BCUT2D eigenvalue weighted by atomic mass is 32.1. The molecule has 0 aliphatic carbocycles. The van der Waals surface area contributed by atoms with Gasteiger partial charge in [-0.25, -0.2) is 0 Å². The van der Waals surface area contributed by atoms with Crippen LogP contribution in [-0.2, 0) is 0 Å². The fourth-order valence-corrected chi connectivity index (χ4v) is 1.72. The standard InChI is InChI=1S/C11H25NS.C2H6O/c12-10-8-6-4-2-1-3-5-7-9-11-13;1-2-3/h13H,1-12H2;3H,2H2,1H3. The second kappa shape index (κ2) is 20.7. The number of hydrogen-bond donors (Lipinski definition) is 3. The molecule has 2 nitrogen and oxygen atoms in total. The van der Waals surface area contributed by atoms with E-state index in [0.29, 0.717) is 0 Å². The van der Waals surface area contributed by atoms with E-state index in [4.69, 9.17) is 10.8 Å². The smallest absolute Gasteiger partial charge is 0.0402 e. The summed E-state index contributed by atoms with van der Waals surface area (Å²) in [5, 5.41) is 7.57. The van der Waals surface area contributed by atoms with E-state index < -0.39 is 0 Å². The van der Waals surface area contributed by atoms with E-state index in [0.717, 1.165) is 12.3 Å². The van der Waals surface area contributed by atoms with Crippen molar-refractivity contribution >= 4 is 12.6 Å². The predicted molar refractivity (Wildman–Crippen MR) is 77.2 cm³/mol. The van der Waals surface area contributed by atoms with Crippen molar-refractivity contribution in [2.75, 3.05) is 18.9 Å². The van der Waals surface area contributed by atoms with Gasteiger partial charge in [0.05, 0.1) is 0 Å². The van der Waals surface area contributed by atoms with E-state index in [9.17, 15) is 0 Å². The van der Waals surface area contributed by atoms with E-state index in [1.807, 2.05) is 0 Å². The van der Waals surface area contributed by atoms with Crippen molar-refractivity contribution in [1.29, 1.82) is 0 Å². The molecular weight excluding hydrogens is 218 g/mol. The second-order valence-electron chi connectivity index (χ2n) is 4.01. The van der Waals surface area contributed by atoms with Gasteiger partial charge in [0.2, 0.25) is 0 Å². The van der Waals surface area contributed by atoms with Crippen LogP contribution in [0.2, 0.25) is 0 Å². The number of aliphatic hydroxyl groups is 1. The Morgan fingerprint density at radius 1 is 0.812 bits per heavy atom. The fourth-order valence-electron chi connectivity index (χ4n) is 1.49. The molecule has 16 heavy (non-hydrogen) atoms. The van der Waals surface area contributed by atoms with Gasteiger partial charge in [-0.05, 0) is 32.1 Å². The summed E-state index contributed by atoms with van der Waals surface area (Å²) < 4.78 is 0. The maximum Gasteiger partial charge on any atom is 0.0402 e. The van der Waals surface area contributed by atoms with Crippen molar-refractivity contribution in [3.63, 3.8) is 0 Å². The predicted octanol–water partition coefficient (Wildman–Crippen LogP) is 3.38. The zero-order chi connectivity index (χ0) is 12.5. The lowest BCUT2D eigenvalue weighted by Gasteiger charge is -2.00. The largest absolute Gasteiger partial charge is 0.397 e. The first-order valence-corrected chi connectivity index (χ1v) is 7.38. The quantitative estimate of drug-likeness (QED) is 0.410. The number of rotatable bonds is 10. The van der Waals surface area contributed by atoms with Gasteiger partial charge in [0.15, 0.2) is 0 Å². The topological polar surface area (TPSA) is 46.2 Å². The van der Waals surface area contributed by atoms with Crippen LogP contribution in [0.15, 0.2) is 0 Å². The zero-order valence-corrected chi connectivity index (χ0v) is 11.9. The minimum Gasteiger partial charge on any atom is -0.397 e. The van der Waals surface area contributed by atoms with Crippen LogP contribution in [0, 0.1) is 0 Å². The lowest BCUT2D eigenvalue weighted by Crippen LogP contribution is -1.97. The maximum atomic E-state index is 7.57. The summed E-state index contributed by atoms with van der Waals surface area (Å²) in [5.74, 6) is 1.05. The molecule has 100 valence electrons. The Labute approximate surface area is 107 Å². The van der Waals surface area contributed by atoms with Gasteiger partial charge in [-0.2, -0.15) is 12.6 Å². The minimum absolute atomic E-state index is 0.250. The van der Waals surface area contributed by atoms with Gasteiger partial charge in [0, 0.05) is 6.61 Å². The number of nitrogens with two attached hydrogens (primary N) is 1. The van der Waals surface area contributed by atoms with E-state index in [1.54, 1.807) is 6.92 Å². The Balaban J connectivity index is 0. The molecule has 0 fully saturated rings. The first kappa shape index (κ1) is 18.6. The number of thiol groups is 1. The van der Waals surface area contributed by atoms with Gasteiger partial charge in [-0.3, -0.25) is 0 Å². The van der Waals surface area contributed by atoms with Crippen LogP contribution < -0.4 is 5.73 Å². The maximum absolute atomic E-state index is 7.57. The molecule has 0 heterocycles. The van der Waals surface area contributed by atoms with Gasteiger partial charge in [0.1, 0.15) is 0 Å². The molecule has 0 atom stereocenters. The van der Waals surface area contributed by atoms with Gasteiger partial charge in [-0.15, -0.1) is 0 Å².